The van der Waals surface area contributed by atoms with Gasteiger partial charge in [0.2, 0.25) is 0 Å². The quantitative estimate of drug-likeness (QED) is 0.907. The molecule has 2 heteroatoms. The van der Waals surface area contributed by atoms with E-state index in [4.69, 9.17) is 4.74 Å². The van der Waals surface area contributed by atoms with E-state index in [0.717, 1.165) is 26.0 Å². The Balaban J connectivity index is 1.87. The van der Waals surface area contributed by atoms with Crippen LogP contribution in [0.4, 0.5) is 0 Å². The van der Waals surface area contributed by atoms with Crippen LogP contribution in [0.3, 0.4) is 0 Å². The SMILES string of the molecule is CCC1(CC)COC(c2cccc3ccccc23)CN1. The summed E-state index contributed by atoms with van der Waals surface area (Å²) < 4.78 is 6.21. The van der Waals surface area contributed by atoms with E-state index in [-0.39, 0.29) is 11.6 Å². The molecule has 20 heavy (non-hydrogen) atoms. The molecule has 0 bridgehead atoms. The van der Waals surface area contributed by atoms with E-state index in [1.165, 1.54) is 16.3 Å². The van der Waals surface area contributed by atoms with Gasteiger partial charge >= 0.3 is 0 Å². The number of morpholine rings is 1. The Labute approximate surface area is 121 Å². The summed E-state index contributed by atoms with van der Waals surface area (Å²) in [5, 5.41) is 6.32. The minimum Gasteiger partial charge on any atom is -0.370 e. The summed E-state index contributed by atoms with van der Waals surface area (Å²) in [6, 6.07) is 15.0. The molecule has 1 atom stereocenters. The molecule has 1 aliphatic rings. The van der Waals surface area contributed by atoms with Crippen LogP contribution in [0.15, 0.2) is 42.5 Å². The average molecular weight is 269 g/mol. The molecule has 106 valence electrons. The Bertz CT molecular complexity index is 573. The fraction of sp³-hybridized carbons (Fsp3) is 0.444. The molecule has 1 saturated heterocycles. The van der Waals surface area contributed by atoms with Crippen molar-refractivity contribution in [1.82, 2.24) is 5.32 Å². The maximum absolute atomic E-state index is 6.21. The molecule has 0 aliphatic carbocycles. The van der Waals surface area contributed by atoms with Crippen molar-refractivity contribution in [1.29, 1.82) is 0 Å². The third-order valence-corrected chi connectivity index (χ3v) is 4.75. The van der Waals surface area contributed by atoms with E-state index < -0.39 is 0 Å². The predicted molar refractivity (Wildman–Crippen MR) is 84.0 cm³/mol. The van der Waals surface area contributed by atoms with Gasteiger partial charge in [-0.3, -0.25) is 0 Å². The van der Waals surface area contributed by atoms with Crippen molar-refractivity contribution in [2.24, 2.45) is 0 Å². The van der Waals surface area contributed by atoms with Crippen LogP contribution in [0, 0.1) is 0 Å². The summed E-state index contributed by atoms with van der Waals surface area (Å²) in [7, 11) is 0. The van der Waals surface area contributed by atoms with Crippen LogP contribution < -0.4 is 5.32 Å². The van der Waals surface area contributed by atoms with Gasteiger partial charge in [-0.25, -0.2) is 0 Å². The van der Waals surface area contributed by atoms with Gasteiger partial charge in [0.25, 0.3) is 0 Å². The van der Waals surface area contributed by atoms with Crippen LogP contribution in [0.1, 0.15) is 38.4 Å². The van der Waals surface area contributed by atoms with Crippen molar-refractivity contribution < 1.29 is 4.74 Å². The van der Waals surface area contributed by atoms with Gasteiger partial charge in [-0.2, -0.15) is 0 Å². The van der Waals surface area contributed by atoms with Crippen LogP contribution >= 0.6 is 0 Å². The summed E-state index contributed by atoms with van der Waals surface area (Å²) in [5.74, 6) is 0. The molecule has 2 nitrogen and oxygen atoms in total. The van der Waals surface area contributed by atoms with Gasteiger partial charge in [-0.15, -0.1) is 0 Å². The first kappa shape index (κ1) is 13.6. The van der Waals surface area contributed by atoms with Crippen molar-refractivity contribution in [2.75, 3.05) is 13.2 Å². The van der Waals surface area contributed by atoms with Gasteiger partial charge in [0.05, 0.1) is 12.7 Å². The molecule has 0 aromatic heterocycles. The fourth-order valence-corrected chi connectivity index (χ4v) is 3.11. The summed E-state index contributed by atoms with van der Waals surface area (Å²) in [6.07, 6.45) is 2.39. The molecule has 1 fully saturated rings. The second-order valence-corrected chi connectivity index (χ2v) is 5.74. The molecule has 1 aliphatic heterocycles. The van der Waals surface area contributed by atoms with Crippen LogP contribution in [-0.4, -0.2) is 18.7 Å². The highest BCUT2D eigenvalue weighted by atomic mass is 16.5. The van der Waals surface area contributed by atoms with Crippen LogP contribution in [0.2, 0.25) is 0 Å². The second kappa shape index (κ2) is 5.55. The van der Waals surface area contributed by atoms with Gasteiger partial charge in [0, 0.05) is 12.1 Å². The Morgan fingerprint density at radius 1 is 1.10 bits per heavy atom. The van der Waals surface area contributed by atoms with E-state index in [0.29, 0.717) is 0 Å². The number of nitrogens with one attached hydrogen (secondary N) is 1. The van der Waals surface area contributed by atoms with Gasteiger partial charge in [0.15, 0.2) is 0 Å². The smallest absolute Gasteiger partial charge is 0.0956 e. The standard InChI is InChI=1S/C18H23NO/c1-3-18(4-2)13-20-17(12-19-18)16-11-7-9-14-8-5-6-10-15(14)16/h5-11,17,19H,3-4,12-13H2,1-2H3. The van der Waals surface area contributed by atoms with Gasteiger partial charge < -0.3 is 10.1 Å². The van der Waals surface area contributed by atoms with E-state index in [1.54, 1.807) is 0 Å². The number of fused-ring (bicyclic) bond motifs is 1. The molecule has 1 heterocycles. The van der Waals surface area contributed by atoms with E-state index in [2.05, 4.69) is 61.6 Å². The molecule has 0 saturated carbocycles. The van der Waals surface area contributed by atoms with E-state index >= 15 is 0 Å². The van der Waals surface area contributed by atoms with Gasteiger partial charge in [-0.1, -0.05) is 56.3 Å². The lowest BCUT2D eigenvalue weighted by Crippen LogP contribution is -2.54. The minimum absolute atomic E-state index is 0.160. The molecule has 2 aromatic rings. The highest BCUT2D eigenvalue weighted by molar-refractivity contribution is 5.86. The summed E-state index contributed by atoms with van der Waals surface area (Å²) in [6.45, 7) is 6.17. The molecule has 1 unspecified atom stereocenters. The number of hydrogen-bond acceptors (Lipinski definition) is 2. The monoisotopic (exact) mass is 269 g/mol. The van der Waals surface area contributed by atoms with Crippen molar-refractivity contribution in [3.05, 3.63) is 48.0 Å². The summed E-state index contributed by atoms with van der Waals surface area (Å²) in [4.78, 5) is 0. The number of ether oxygens (including phenoxy) is 1. The first-order valence-corrected chi connectivity index (χ1v) is 7.62. The van der Waals surface area contributed by atoms with Crippen molar-refractivity contribution >= 4 is 10.8 Å². The van der Waals surface area contributed by atoms with Crippen molar-refractivity contribution in [3.63, 3.8) is 0 Å². The third-order valence-electron chi connectivity index (χ3n) is 4.75. The molecule has 2 aromatic carbocycles. The van der Waals surface area contributed by atoms with Crippen molar-refractivity contribution in [3.8, 4) is 0 Å². The lowest BCUT2D eigenvalue weighted by Gasteiger charge is -2.40. The Hall–Kier alpha value is -1.38. The molecule has 1 N–H and O–H groups in total. The van der Waals surface area contributed by atoms with Crippen LogP contribution in [0.25, 0.3) is 10.8 Å². The highest BCUT2D eigenvalue weighted by Crippen LogP contribution is 2.31. The maximum atomic E-state index is 6.21. The van der Waals surface area contributed by atoms with E-state index in [9.17, 15) is 0 Å². The first-order valence-electron chi connectivity index (χ1n) is 7.62. The van der Waals surface area contributed by atoms with E-state index in [1.807, 2.05) is 0 Å². The second-order valence-electron chi connectivity index (χ2n) is 5.74. The molecule has 0 spiro atoms. The molecule has 0 amide bonds. The summed E-state index contributed by atoms with van der Waals surface area (Å²) >= 11 is 0. The summed E-state index contributed by atoms with van der Waals surface area (Å²) in [5.41, 5.74) is 1.47. The molecular weight excluding hydrogens is 246 g/mol. The number of rotatable bonds is 3. The number of benzene rings is 2. The Morgan fingerprint density at radius 3 is 2.55 bits per heavy atom. The largest absolute Gasteiger partial charge is 0.370 e. The molecular formula is C18H23NO. The Kier molecular flexibility index (Phi) is 3.77. The third kappa shape index (κ3) is 2.34. The zero-order chi connectivity index (χ0) is 14.0. The topological polar surface area (TPSA) is 21.3 Å². The zero-order valence-electron chi connectivity index (χ0n) is 12.4. The van der Waals surface area contributed by atoms with Crippen LogP contribution in [-0.2, 0) is 4.74 Å². The average Bonchev–Trinajstić information content (AvgIpc) is 2.54. The fourth-order valence-electron chi connectivity index (χ4n) is 3.11. The zero-order valence-corrected chi connectivity index (χ0v) is 12.4. The molecule has 3 rings (SSSR count). The highest BCUT2D eigenvalue weighted by Gasteiger charge is 2.33. The van der Waals surface area contributed by atoms with Crippen LogP contribution in [0.5, 0.6) is 0 Å². The van der Waals surface area contributed by atoms with Crippen molar-refractivity contribution in [2.45, 2.75) is 38.3 Å². The minimum atomic E-state index is 0.160. The lowest BCUT2D eigenvalue weighted by molar-refractivity contribution is -0.0368. The number of hydrogen-bond donors (Lipinski definition) is 1. The lowest BCUT2D eigenvalue weighted by atomic mass is 9.90. The van der Waals surface area contributed by atoms with Gasteiger partial charge in [-0.05, 0) is 29.2 Å². The Morgan fingerprint density at radius 2 is 1.85 bits per heavy atom. The van der Waals surface area contributed by atoms with Gasteiger partial charge in [0.1, 0.15) is 0 Å². The predicted octanol–water partition coefficient (Wildman–Crippen LogP) is 4.06. The maximum Gasteiger partial charge on any atom is 0.0956 e. The normalized spacial score (nSPS) is 22.0. The first-order chi connectivity index (χ1) is 9.78. The molecule has 0 radical (unpaired) electrons.